The normalized spacial score (nSPS) is 36.7. The first kappa shape index (κ1) is 14.7. The first-order valence-electron chi connectivity index (χ1n) is 8.32. The number of carbonyl (C=O) groups excluding carboxylic acids is 1. The molecule has 1 saturated carbocycles. The van der Waals surface area contributed by atoms with Crippen molar-refractivity contribution in [3.05, 3.63) is 0 Å². The van der Waals surface area contributed by atoms with E-state index in [9.17, 15) is 4.79 Å². The van der Waals surface area contributed by atoms with Crippen molar-refractivity contribution in [3.63, 3.8) is 0 Å². The van der Waals surface area contributed by atoms with Crippen LogP contribution >= 0.6 is 11.8 Å². The van der Waals surface area contributed by atoms with Gasteiger partial charge in [-0.1, -0.05) is 12.8 Å². The molecular formula is C16H28N2OS. The minimum absolute atomic E-state index is 0.0824. The third kappa shape index (κ3) is 2.74. The van der Waals surface area contributed by atoms with Gasteiger partial charge in [0, 0.05) is 36.7 Å². The highest BCUT2D eigenvalue weighted by Gasteiger charge is 2.44. The van der Waals surface area contributed by atoms with Crippen LogP contribution in [0.5, 0.6) is 0 Å². The van der Waals surface area contributed by atoms with E-state index in [0.717, 1.165) is 19.0 Å². The largest absolute Gasteiger partial charge is 0.335 e. The molecule has 4 heteroatoms. The second kappa shape index (κ2) is 6.27. The van der Waals surface area contributed by atoms with Crippen molar-refractivity contribution in [1.82, 2.24) is 9.80 Å². The van der Waals surface area contributed by atoms with E-state index in [1.54, 1.807) is 0 Å². The van der Waals surface area contributed by atoms with E-state index in [-0.39, 0.29) is 6.04 Å². The Balaban J connectivity index is 1.68. The van der Waals surface area contributed by atoms with Gasteiger partial charge in [-0.25, -0.2) is 0 Å². The molecule has 0 unspecified atom stereocenters. The van der Waals surface area contributed by atoms with Crippen LogP contribution in [-0.2, 0) is 4.79 Å². The topological polar surface area (TPSA) is 23.6 Å². The molecule has 0 bridgehead atoms. The summed E-state index contributed by atoms with van der Waals surface area (Å²) in [4.78, 5) is 17.7. The van der Waals surface area contributed by atoms with Gasteiger partial charge in [0.05, 0.1) is 6.04 Å². The zero-order valence-electron chi connectivity index (χ0n) is 12.9. The molecule has 0 radical (unpaired) electrons. The number of amides is 1. The second-order valence-corrected chi connectivity index (χ2v) is 7.99. The number of hydrogen-bond acceptors (Lipinski definition) is 3. The summed E-state index contributed by atoms with van der Waals surface area (Å²) in [5, 5.41) is 0. The molecule has 3 rings (SSSR count). The maximum absolute atomic E-state index is 13.0. The monoisotopic (exact) mass is 296 g/mol. The van der Waals surface area contributed by atoms with Crippen LogP contribution in [0.3, 0.4) is 0 Å². The van der Waals surface area contributed by atoms with E-state index in [1.165, 1.54) is 43.6 Å². The lowest BCUT2D eigenvalue weighted by atomic mass is 9.85. The highest BCUT2D eigenvalue weighted by atomic mass is 32.2. The number of fused-ring (bicyclic) bond motifs is 1. The van der Waals surface area contributed by atoms with Crippen molar-refractivity contribution in [2.45, 2.75) is 64.1 Å². The molecule has 0 aromatic carbocycles. The van der Waals surface area contributed by atoms with Crippen LogP contribution in [0, 0.1) is 5.92 Å². The maximum Gasteiger partial charge on any atom is 0.240 e. The first-order chi connectivity index (χ1) is 9.68. The molecule has 3 aliphatic rings. The number of nitrogens with zero attached hydrogens (tertiary/aromatic N) is 2. The second-order valence-electron chi connectivity index (χ2n) is 6.77. The van der Waals surface area contributed by atoms with Gasteiger partial charge in [0.1, 0.15) is 0 Å². The Morgan fingerprint density at radius 2 is 1.90 bits per heavy atom. The molecule has 2 aliphatic heterocycles. The standard InChI is InChI=1S/C16H28N2OS/c1-12-11-14-5-3-4-6-15(14)18(12)16(19)13(2)17-7-9-20-10-8-17/h12-15H,3-11H2,1-2H3/t12-,13-,14+,15+/m1/s1. The van der Waals surface area contributed by atoms with Crippen molar-refractivity contribution in [2.75, 3.05) is 24.6 Å². The van der Waals surface area contributed by atoms with Gasteiger partial charge in [0.15, 0.2) is 0 Å². The lowest BCUT2D eigenvalue weighted by molar-refractivity contribution is -0.139. The van der Waals surface area contributed by atoms with Crippen molar-refractivity contribution < 1.29 is 4.79 Å². The summed E-state index contributed by atoms with van der Waals surface area (Å²) in [5.74, 6) is 3.55. The molecule has 0 aromatic heterocycles. The first-order valence-corrected chi connectivity index (χ1v) is 9.48. The number of carbonyl (C=O) groups is 1. The van der Waals surface area contributed by atoms with E-state index in [4.69, 9.17) is 0 Å². The number of rotatable bonds is 2. The molecule has 114 valence electrons. The fourth-order valence-electron chi connectivity index (χ4n) is 4.43. The molecule has 20 heavy (non-hydrogen) atoms. The minimum atomic E-state index is 0.0824. The van der Waals surface area contributed by atoms with Gasteiger partial charge in [-0.3, -0.25) is 9.69 Å². The molecule has 4 atom stereocenters. The maximum atomic E-state index is 13.0. The summed E-state index contributed by atoms with van der Waals surface area (Å²) in [6.07, 6.45) is 6.50. The summed E-state index contributed by atoms with van der Waals surface area (Å²) in [5.41, 5.74) is 0. The molecule has 2 saturated heterocycles. The quantitative estimate of drug-likeness (QED) is 0.782. The van der Waals surface area contributed by atoms with Gasteiger partial charge in [-0.05, 0) is 39.0 Å². The molecule has 0 spiro atoms. The van der Waals surface area contributed by atoms with Crippen LogP contribution in [0.15, 0.2) is 0 Å². The SMILES string of the molecule is C[C@H](C(=O)N1[C@H](C)C[C@@H]2CCCC[C@@H]21)N1CCSCC1. The molecule has 3 fully saturated rings. The Kier molecular flexibility index (Phi) is 4.61. The van der Waals surface area contributed by atoms with E-state index in [0.29, 0.717) is 18.0 Å². The Morgan fingerprint density at radius 1 is 1.20 bits per heavy atom. The van der Waals surface area contributed by atoms with E-state index in [1.807, 2.05) is 11.8 Å². The predicted molar refractivity (Wildman–Crippen MR) is 85.0 cm³/mol. The number of hydrogen-bond donors (Lipinski definition) is 0. The van der Waals surface area contributed by atoms with Crippen molar-refractivity contribution in [2.24, 2.45) is 5.92 Å². The Morgan fingerprint density at radius 3 is 2.65 bits per heavy atom. The van der Waals surface area contributed by atoms with Crippen LogP contribution in [0.1, 0.15) is 46.0 Å². The molecule has 1 aliphatic carbocycles. The van der Waals surface area contributed by atoms with E-state index >= 15 is 0 Å². The Hall–Kier alpha value is -0.220. The third-order valence-corrected chi connectivity index (χ3v) is 6.49. The number of likely N-dealkylation sites (tertiary alicyclic amines) is 1. The average molecular weight is 296 g/mol. The fourth-order valence-corrected chi connectivity index (χ4v) is 5.36. The van der Waals surface area contributed by atoms with Gasteiger partial charge < -0.3 is 4.90 Å². The lowest BCUT2D eigenvalue weighted by Crippen LogP contribution is -2.53. The van der Waals surface area contributed by atoms with E-state index in [2.05, 4.69) is 23.6 Å². The molecule has 3 nitrogen and oxygen atoms in total. The minimum Gasteiger partial charge on any atom is -0.335 e. The third-order valence-electron chi connectivity index (χ3n) is 5.55. The van der Waals surface area contributed by atoms with Crippen molar-refractivity contribution in [1.29, 1.82) is 0 Å². The molecular weight excluding hydrogens is 268 g/mol. The smallest absolute Gasteiger partial charge is 0.240 e. The van der Waals surface area contributed by atoms with Gasteiger partial charge in [-0.15, -0.1) is 0 Å². The summed E-state index contributed by atoms with van der Waals surface area (Å²) < 4.78 is 0. The average Bonchev–Trinajstić information content (AvgIpc) is 2.82. The highest BCUT2D eigenvalue weighted by Crippen LogP contribution is 2.40. The van der Waals surface area contributed by atoms with Gasteiger partial charge >= 0.3 is 0 Å². The summed E-state index contributed by atoms with van der Waals surface area (Å²) in [6, 6.07) is 1.09. The highest BCUT2D eigenvalue weighted by molar-refractivity contribution is 7.99. The predicted octanol–water partition coefficient (Wildman–Crippen LogP) is 2.60. The van der Waals surface area contributed by atoms with Crippen LogP contribution in [0.25, 0.3) is 0 Å². The summed E-state index contributed by atoms with van der Waals surface area (Å²) >= 11 is 2.01. The van der Waals surface area contributed by atoms with Crippen LogP contribution in [-0.4, -0.2) is 58.4 Å². The molecule has 0 N–H and O–H groups in total. The van der Waals surface area contributed by atoms with Crippen LogP contribution < -0.4 is 0 Å². The number of thioether (sulfide) groups is 1. The van der Waals surface area contributed by atoms with Gasteiger partial charge in [0.2, 0.25) is 5.91 Å². The van der Waals surface area contributed by atoms with Crippen LogP contribution in [0.2, 0.25) is 0 Å². The Labute approximate surface area is 127 Å². The lowest BCUT2D eigenvalue weighted by Gasteiger charge is -2.38. The van der Waals surface area contributed by atoms with Gasteiger partial charge in [0.25, 0.3) is 0 Å². The fraction of sp³-hybridized carbons (Fsp3) is 0.938. The zero-order valence-corrected chi connectivity index (χ0v) is 13.7. The molecule has 0 aromatic rings. The zero-order chi connectivity index (χ0) is 14.1. The summed E-state index contributed by atoms with van der Waals surface area (Å²) in [7, 11) is 0. The molecule has 1 amide bonds. The van der Waals surface area contributed by atoms with Crippen LogP contribution in [0.4, 0.5) is 0 Å². The van der Waals surface area contributed by atoms with Crippen molar-refractivity contribution in [3.8, 4) is 0 Å². The Bertz CT molecular complexity index is 356. The summed E-state index contributed by atoms with van der Waals surface area (Å²) in [6.45, 7) is 6.54. The molecule has 2 heterocycles. The van der Waals surface area contributed by atoms with E-state index < -0.39 is 0 Å². The van der Waals surface area contributed by atoms with Crippen molar-refractivity contribution >= 4 is 17.7 Å². The van der Waals surface area contributed by atoms with Gasteiger partial charge in [-0.2, -0.15) is 11.8 Å².